The first kappa shape index (κ1) is 29.4. The Bertz CT molecular complexity index is 1780. The highest BCUT2D eigenvalue weighted by Gasteiger charge is 2.64. The average molecular weight is 622 g/mol. The van der Waals surface area contributed by atoms with Crippen LogP contribution in [0.25, 0.3) is 11.2 Å². The van der Waals surface area contributed by atoms with Crippen LogP contribution in [0.4, 0.5) is 5.82 Å². The largest absolute Gasteiger partial charge is 0.404 e. The zero-order valence-electron chi connectivity index (χ0n) is 25.3. The number of aliphatic hydroxyl groups excluding tert-OH is 1. The van der Waals surface area contributed by atoms with Gasteiger partial charge < -0.3 is 24.3 Å². The van der Waals surface area contributed by atoms with Crippen molar-refractivity contribution in [2.75, 3.05) is 18.5 Å². The van der Waals surface area contributed by atoms with E-state index in [0.717, 1.165) is 10.4 Å². The molecule has 0 radical (unpaired) electrons. The van der Waals surface area contributed by atoms with Gasteiger partial charge in [0.1, 0.15) is 24.1 Å². The number of nitrogens with one attached hydrogen (secondary N) is 1. The lowest BCUT2D eigenvalue weighted by Crippen LogP contribution is -2.70. The van der Waals surface area contributed by atoms with E-state index >= 15 is 0 Å². The number of benzene rings is 3. The van der Waals surface area contributed by atoms with Crippen molar-refractivity contribution in [1.82, 2.24) is 19.5 Å². The van der Waals surface area contributed by atoms with Gasteiger partial charge in [0.05, 0.1) is 19.5 Å². The molecule has 2 saturated heterocycles. The molecule has 2 N–H and O–H groups in total. The van der Waals surface area contributed by atoms with Gasteiger partial charge in [-0.25, -0.2) is 15.0 Å². The SMILES string of the molecule is CC(C)(C)[Si](OC[C@]12CO[C@H]1[C@@H](O)[C@H](n1cnc3c(NC(=O)c4ccccc4)ncnc31)O2)(c1ccccc1)c1ccccc1. The smallest absolute Gasteiger partial charge is 0.261 e. The van der Waals surface area contributed by atoms with Crippen molar-refractivity contribution >= 4 is 41.6 Å². The molecule has 2 aliphatic rings. The standard InChI is InChI=1S/C34H35N5O5Si/c1-33(2,3)45(24-15-9-5-10-16-24,25-17-11-6-12-18-25)43-20-34-19-42-28(34)27(40)32(44-34)39-22-37-26-29(35-21-36-30(26)39)38-31(41)23-13-7-4-8-14-23/h4-18,21-22,27-28,32,40H,19-20H2,1-3H3,(H,35,36,38,41)/t27-,28+,32-,34-/m1/s1. The summed E-state index contributed by atoms with van der Waals surface area (Å²) in [4.78, 5) is 26.0. The number of amides is 1. The Kier molecular flexibility index (Phi) is 7.38. The molecule has 2 aromatic heterocycles. The second-order valence-electron chi connectivity index (χ2n) is 12.6. The zero-order chi connectivity index (χ0) is 31.2. The van der Waals surface area contributed by atoms with Crippen molar-refractivity contribution in [3.05, 3.63) is 109 Å². The topological polar surface area (TPSA) is 121 Å². The molecule has 0 saturated carbocycles. The third-order valence-electron chi connectivity index (χ3n) is 8.83. The van der Waals surface area contributed by atoms with Crippen molar-refractivity contribution in [1.29, 1.82) is 0 Å². The molecule has 11 heteroatoms. The summed E-state index contributed by atoms with van der Waals surface area (Å²) in [6, 6.07) is 29.7. The van der Waals surface area contributed by atoms with E-state index in [1.54, 1.807) is 35.2 Å². The number of aliphatic hydroxyl groups is 1. The van der Waals surface area contributed by atoms with E-state index in [2.05, 4.69) is 89.6 Å². The molecule has 4 atom stereocenters. The van der Waals surface area contributed by atoms with Crippen LogP contribution in [0.2, 0.25) is 5.04 Å². The second kappa shape index (κ2) is 11.3. The van der Waals surface area contributed by atoms with Gasteiger partial charge in [-0.1, -0.05) is 99.6 Å². The number of hydrogen-bond acceptors (Lipinski definition) is 8. The highest BCUT2D eigenvalue weighted by molar-refractivity contribution is 6.99. The summed E-state index contributed by atoms with van der Waals surface area (Å²) in [5.74, 6) is -0.0442. The minimum atomic E-state index is -2.86. The van der Waals surface area contributed by atoms with E-state index in [0.29, 0.717) is 16.7 Å². The highest BCUT2D eigenvalue weighted by Crippen LogP contribution is 2.48. The minimum Gasteiger partial charge on any atom is -0.404 e. The molecule has 45 heavy (non-hydrogen) atoms. The van der Waals surface area contributed by atoms with Gasteiger partial charge in [-0.3, -0.25) is 9.36 Å². The van der Waals surface area contributed by atoms with Crippen molar-refractivity contribution in [3.8, 4) is 0 Å². The summed E-state index contributed by atoms with van der Waals surface area (Å²) in [5.41, 5.74) is 0.428. The predicted molar refractivity (Wildman–Crippen MR) is 172 cm³/mol. The maximum Gasteiger partial charge on any atom is 0.261 e. The Hall–Kier alpha value is -4.26. The lowest BCUT2D eigenvalue weighted by atomic mass is 9.91. The zero-order valence-corrected chi connectivity index (χ0v) is 26.3. The fourth-order valence-corrected chi connectivity index (χ4v) is 11.2. The number of carbonyl (C=O) groups excluding carboxylic acids is 1. The van der Waals surface area contributed by atoms with E-state index in [1.807, 2.05) is 18.2 Å². The molecule has 1 amide bonds. The van der Waals surface area contributed by atoms with Crippen LogP contribution in [0.15, 0.2) is 104 Å². The van der Waals surface area contributed by atoms with Gasteiger partial charge in [0.15, 0.2) is 23.2 Å². The van der Waals surface area contributed by atoms with Gasteiger partial charge in [0, 0.05) is 5.56 Å². The molecule has 230 valence electrons. The fraction of sp³-hybridized carbons (Fsp3) is 0.294. The van der Waals surface area contributed by atoms with Crippen LogP contribution in [0, 0.1) is 0 Å². The van der Waals surface area contributed by atoms with Crippen LogP contribution in [-0.4, -0.2) is 69.9 Å². The summed E-state index contributed by atoms with van der Waals surface area (Å²) in [6.45, 7) is 7.20. The van der Waals surface area contributed by atoms with E-state index in [1.165, 1.54) is 6.33 Å². The van der Waals surface area contributed by atoms with E-state index in [9.17, 15) is 9.90 Å². The number of ether oxygens (including phenoxy) is 2. The van der Waals surface area contributed by atoms with Crippen LogP contribution < -0.4 is 15.7 Å². The lowest BCUT2D eigenvalue weighted by Gasteiger charge is -2.48. The molecule has 2 aliphatic heterocycles. The second-order valence-corrected chi connectivity index (χ2v) is 16.9. The maximum atomic E-state index is 12.8. The number of fused-ring (bicyclic) bond motifs is 2. The minimum absolute atomic E-state index is 0.221. The normalized spacial score (nSPS) is 23.0. The average Bonchev–Trinajstić information content (AvgIpc) is 3.55. The van der Waals surface area contributed by atoms with E-state index in [-0.39, 0.29) is 30.0 Å². The number of carbonyl (C=O) groups is 1. The fourth-order valence-electron chi connectivity index (χ4n) is 6.61. The van der Waals surface area contributed by atoms with Gasteiger partial charge >= 0.3 is 0 Å². The van der Waals surface area contributed by atoms with Gasteiger partial charge in [-0.05, 0) is 27.5 Å². The van der Waals surface area contributed by atoms with E-state index < -0.39 is 32.4 Å². The molecule has 0 unspecified atom stereocenters. The summed E-state index contributed by atoms with van der Waals surface area (Å²) in [5, 5.41) is 16.4. The van der Waals surface area contributed by atoms with Crippen LogP contribution >= 0.6 is 0 Å². The predicted octanol–water partition coefficient (Wildman–Crippen LogP) is 3.68. The first-order chi connectivity index (χ1) is 21.7. The Morgan fingerprint density at radius 2 is 1.60 bits per heavy atom. The van der Waals surface area contributed by atoms with Crippen molar-refractivity contribution < 1.29 is 23.8 Å². The van der Waals surface area contributed by atoms with Crippen molar-refractivity contribution in [3.63, 3.8) is 0 Å². The number of imidazole rings is 1. The van der Waals surface area contributed by atoms with Crippen LogP contribution in [-0.2, 0) is 13.9 Å². The molecule has 3 aromatic carbocycles. The van der Waals surface area contributed by atoms with Crippen LogP contribution in [0.3, 0.4) is 0 Å². The first-order valence-electron chi connectivity index (χ1n) is 15.0. The van der Waals surface area contributed by atoms with Crippen LogP contribution in [0.1, 0.15) is 37.4 Å². The quantitative estimate of drug-likeness (QED) is 0.252. The third-order valence-corrected chi connectivity index (χ3v) is 13.8. The Morgan fingerprint density at radius 3 is 2.18 bits per heavy atom. The highest BCUT2D eigenvalue weighted by atomic mass is 28.4. The summed E-state index contributed by atoms with van der Waals surface area (Å²) < 4.78 is 21.5. The maximum absolute atomic E-state index is 12.8. The number of anilines is 1. The number of rotatable bonds is 8. The van der Waals surface area contributed by atoms with Gasteiger partial charge in [-0.15, -0.1) is 0 Å². The summed E-state index contributed by atoms with van der Waals surface area (Å²) >= 11 is 0. The number of aromatic nitrogens is 4. The molecule has 0 aliphatic carbocycles. The molecule has 0 bridgehead atoms. The Labute approximate surface area is 262 Å². The van der Waals surface area contributed by atoms with Crippen molar-refractivity contribution in [2.24, 2.45) is 0 Å². The molecular formula is C34H35N5O5Si. The number of nitrogens with zero attached hydrogens (tertiary/aromatic N) is 4. The third kappa shape index (κ3) is 4.88. The van der Waals surface area contributed by atoms with Gasteiger partial charge in [0.2, 0.25) is 0 Å². The summed E-state index contributed by atoms with van der Waals surface area (Å²) in [7, 11) is -2.86. The monoisotopic (exact) mass is 621 g/mol. The van der Waals surface area contributed by atoms with Gasteiger partial charge in [-0.2, -0.15) is 0 Å². The molecule has 5 aromatic rings. The molecule has 2 fully saturated rings. The van der Waals surface area contributed by atoms with Gasteiger partial charge in [0.25, 0.3) is 14.2 Å². The first-order valence-corrected chi connectivity index (χ1v) is 16.9. The molecule has 10 nitrogen and oxygen atoms in total. The van der Waals surface area contributed by atoms with Crippen molar-refractivity contribution in [2.45, 2.75) is 49.8 Å². The van der Waals surface area contributed by atoms with Crippen LogP contribution in [0.5, 0.6) is 0 Å². The lowest BCUT2D eigenvalue weighted by molar-refractivity contribution is -0.244. The molecule has 4 heterocycles. The number of hydrogen-bond donors (Lipinski definition) is 2. The Balaban J connectivity index is 1.19. The molecule has 0 spiro atoms. The molecule has 7 rings (SSSR count). The molecular weight excluding hydrogens is 586 g/mol. The Morgan fingerprint density at radius 1 is 0.978 bits per heavy atom. The summed E-state index contributed by atoms with van der Waals surface area (Å²) in [6.07, 6.45) is 0.466. The van der Waals surface area contributed by atoms with E-state index in [4.69, 9.17) is 13.9 Å².